The van der Waals surface area contributed by atoms with E-state index in [1.165, 1.54) is 0 Å². The summed E-state index contributed by atoms with van der Waals surface area (Å²) in [4.78, 5) is 29.8. The second-order valence-corrected chi connectivity index (χ2v) is 8.70. The highest BCUT2D eigenvalue weighted by molar-refractivity contribution is 7.13. The largest absolute Gasteiger partial charge is 0.366 e. The summed E-state index contributed by atoms with van der Waals surface area (Å²) in [5.74, 6) is -0.367. The summed E-state index contributed by atoms with van der Waals surface area (Å²) >= 11 is 1.62. The van der Waals surface area contributed by atoms with Crippen LogP contribution in [-0.4, -0.2) is 23.3 Å². The Morgan fingerprint density at radius 1 is 1.21 bits per heavy atom. The van der Waals surface area contributed by atoms with Gasteiger partial charge >= 0.3 is 0 Å². The van der Waals surface area contributed by atoms with Gasteiger partial charge in [0.1, 0.15) is 5.01 Å². The molecule has 0 saturated carbocycles. The molecule has 146 valence electrons. The van der Waals surface area contributed by atoms with Crippen LogP contribution in [0.3, 0.4) is 0 Å². The predicted molar refractivity (Wildman–Crippen MR) is 113 cm³/mol. The molecule has 0 bridgehead atoms. The fourth-order valence-corrected chi connectivity index (χ4v) is 5.75. The van der Waals surface area contributed by atoms with Crippen LogP contribution in [0.1, 0.15) is 39.5 Å². The molecule has 0 radical (unpaired) electrons. The molecule has 2 aromatic carbocycles. The molecule has 5 nitrogen and oxygen atoms in total. The Bertz CT molecular complexity index is 1110. The maximum absolute atomic E-state index is 12.9. The van der Waals surface area contributed by atoms with Crippen LogP contribution in [0.15, 0.2) is 53.9 Å². The molecular formula is C23H21N3O2S. The van der Waals surface area contributed by atoms with Crippen molar-refractivity contribution < 1.29 is 9.59 Å². The summed E-state index contributed by atoms with van der Waals surface area (Å²) in [6.07, 6.45) is 2.00. The Morgan fingerprint density at radius 2 is 2.03 bits per heavy atom. The third-order valence-electron chi connectivity index (χ3n) is 6.31. The number of thiazole rings is 1. The summed E-state index contributed by atoms with van der Waals surface area (Å²) in [5.41, 5.74) is 9.71. The highest BCUT2D eigenvalue weighted by Crippen LogP contribution is 2.53. The van der Waals surface area contributed by atoms with E-state index in [0.29, 0.717) is 24.9 Å². The van der Waals surface area contributed by atoms with E-state index < -0.39 is 11.3 Å². The quantitative estimate of drug-likeness (QED) is 0.701. The molecule has 3 N–H and O–H groups in total. The van der Waals surface area contributed by atoms with Crippen molar-refractivity contribution in [2.24, 2.45) is 11.1 Å². The van der Waals surface area contributed by atoms with Gasteiger partial charge in [0, 0.05) is 29.0 Å². The Balaban J connectivity index is 1.55. The van der Waals surface area contributed by atoms with Crippen molar-refractivity contribution in [2.75, 3.05) is 6.54 Å². The Labute approximate surface area is 173 Å². The van der Waals surface area contributed by atoms with E-state index in [-0.39, 0.29) is 11.8 Å². The molecule has 1 aliphatic carbocycles. The number of hydrogen-bond acceptors (Lipinski definition) is 4. The number of nitrogens with zero attached hydrogens (tertiary/aromatic N) is 1. The molecule has 3 aromatic rings. The van der Waals surface area contributed by atoms with Crippen molar-refractivity contribution in [3.63, 3.8) is 0 Å². The molecule has 1 saturated heterocycles. The van der Waals surface area contributed by atoms with E-state index in [4.69, 9.17) is 10.7 Å². The minimum absolute atomic E-state index is 0.00924. The van der Waals surface area contributed by atoms with E-state index in [2.05, 4.69) is 22.8 Å². The summed E-state index contributed by atoms with van der Waals surface area (Å²) in [5, 5.41) is 6.07. The standard InChI is InChI=1S/C23H21N3O2S/c24-20(27)17-8-4-7-16-18(17)12-23(9-10-25-22(23)28)19(16)11-15-13-29-21(26-15)14-5-2-1-3-6-14/h1-8,13,19H,9-12H2,(H2,24,27)(H,25,28). The molecule has 2 heterocycles. The minimum atomic E-state index is -0.523. The van der Waals surface area contributed by atoms with E-state index in [0.717, 1.165) is 33.8 Å². The van der Waals surface area contributed by atoms with Gasteiger partial charge in [0.25, 0.3) is 0 Å². The number of amides is 2. The Kier molecular flexibility index (Phi) is 4.24. The van der Waals surface area contributed by atoms with Gasteiger partial charge in [0.15, 0.2) is 0 Å². The third-order valence-corrected chi connectivity index (χ3v) is 7.25. The summed E-state index contributed by atoms with van der Waals surface area (Å²) < 4.78 is 0. The molecule has 2 atom stereocenters. The van der Waals surface area contributed by atoms with Gasteiger partial charge in [0.05, 0.1) is 11.1 Å². The number of nitrogens with two attached hydrogens (primary N) is 1. The van der Waals surface area contributed by atoms with Crippen molar-refractivity contribution in [3.8, 4) is 10.6 Å². The van der Waals surface area contributed by atoms with Gasteiger partial charge in [0.2, 0.25) is 11.8 Å². The molecule has 2 aliphatic rings. The highest BCUT2D eigenvalue weighted by atomic mass is 32.1. The first kappa shape index (κ1) is 18.1. The van der Waals surface area contributed by atoms with Gasteiger partial charge in [-0.2, -0.15) is 0 Å². The van der Waals surface area contributed by atoms with E-state index in [9.17, 15) is 9.59 Å². The van der Waals surface area contributed by atoms with Crippen molar-refractivity contribution in [1.29, 1.82) is 0 Å². The topological polar surface area (TPSA) is 85.1 Å². The summed E-state index contributed by atoms with van der Waals surface area (Å²) in [7, 11) is 0. The number of aromatic nitrogens is 1. The lowest BCUT2D eigenvalue weighted by atomic mass is 9.73. The minimum Gasteiger partial charge on any atom is -0.366 e. The van der Waals surface area contributed by atoms with Gasteiger partial charge in [-0.25, -0.2) is 4.98 Å². The zero-order valence-electron chi connectivity index (χ0n) is 15.9. The lowest BCUT2D eigenvalue weighted by molar-refractivity contribution is -0.128. The van der Waals surface area contributed by atoms with Crippen molar-refractivity contribution in [3.05, 3.63) is 76.3 Å². The highest BCUT2D eigenvalue weighted by Gasteiger charge is 2.54. The van der Waals surface area contributed by atoms with Crippen molar-refractivity contribution >= 4 is 23.2 Å². The van der Waals surface area contributed by atoms with Gasteiger partial charge in [-0.1, -0.05) is 42.5 Å². The molecular weight excluding hydrogens is 382 g/mol. The predicted octanol–water partition coefficient (Wildman–Crippen LogP) is 3.30. The number of carbonyl (C=O) groups excluding carboxylic acids is 2. The van der Waals surface area contributed by atoms with Crippen LogP contribution in [0.5, 0.6) is 0 Å². The second-order valence-electron chi connectivity index (χ2n) is 7.84. The summed E-state index contributed by atoms with van der Waals surface area (Å²) in [6.45, 7) is 0.668. The fraction of sp³-hybridized carbons (Fsp3) is 0.261. The van der Waals surface area contributed by atoms with Crippen LogP contribution in [0.2, 0.25) is 0 Å². The number of primary amides is 1. The smallest absolute Gasteiger partial charge is 0.248 e. The molecule has 2 unspecified atom stereocenters. The molecule has 1 aliphatic heterocycles. The first-order valence-electron chi connectivity index (χ1n) is 9.78. The average molecular weight is 404 g/mol. The van der Waals surface area contributed by atoms with Crippen LogP contribution in [0, 0.1) is 5.41 Å². The van der Waals surface area contributed by atoms with Crippen LogP contribution in [0.25, 0.3) is 10.6 Å². The number of fused-ring (bicyclic) bond motifs is 1. The van der Waals surface area contributed by atoms with Gasteiger partial charge in [-0.15, -0.1) is 11.3 Å². The first-order valence-corrected chi connectivity index (χ1v) is 10.7. The van der Waals surface area contributed by atoms with E-state index in [1.807, 2.05) is 30.3 Å². The van der Waals surface area contributed by atoms with Crippen molar-refractivity contribution in [1.82, 2.24) is 10.3 Å². The maximum Gasteiger partial charge on any atom is 0.248 e. The van der Waals surface area contributed by atoms with Gasteiger partial charge in [-0.3, -0.25) is 9.59 Å². The van der Waals surface area contributed by atoms with Crippen molar-refractivity contribution in [2.45, 2.75) is 25.2 Å². The second kappa shape index (κ2) is 6.81. The third kappa shape index (κ3) is 2.86. The molecule has 6 heteroatoms. The van der Waals surface area contributed by atoms with E-state index in [1.54, 1.807) is 17.4 Å². The molecule has 1 spiro atoms. The molecule has 1 aromatic heterocycles. The molecule has 1 fully saturated rings. The van der Waals surface area contributed by atoms with Crippen LogP contribution in [-0.2, 0) is 17.6 Å². The monoisotopic (exact) mass is 403 g/mol. The number of rotatable bonds is 4. The van der Waals surface area contributed by atoms with Crippen LogP contribution in [0.4, 0.5) is 0 Å². The maximum atomic E-state index is 12.9. The average Bonchev–Trinajstić information content (AvgIpc) is 3.42. The summed E-state index contributed by atoms with van der Waals surface area (Å²) in [6, 6.07) is 15.8. The van der Waals surface area contributed by atoms with E-state index >= 15 is 0 Å². The number of hydrogen-bond donors (Lipinski definition) is 2. The number of benzene rings is 2. The Morgan fingerprint density at radius 3 is 2.76 bits per heavy atom. The lowest BCUT2D eigenvalue weighted by Crippen LogP contribution is -2.36. The Hall–Kier alpha value is -2.99. The normalized spacial score (nSPS) is 22.6. The van der Waals surface area contributed by atoms with Crippen LogP contribution < -0.4 is 11.1 Å². The van der Waals surface area contributed by atoms with Gasteiger partial charge < -0.3 is 11.1 Å². The zero-order valence-corrected chi connectivity index (χ0v) is 16.7. The lowest BCUT2D eigenvalue weighted by Gasteiger charge is -2.28. The van der Waals surface area contributed by atoms with Crippen LogP contribution >= 0.6 is 11.3 Å². The SMILES string of the molecule is NC(=O)c1cccc2c1CC1(CCNC1=O)C2Cc1csc(-c2ccccc2)n1. The number of carbonyl (C=O) groups is 2. The molecule has 29 heavy (non-hydrogen) atoms. The molecule has 2 amide bonds. The fourth-order valence-electron chi connectivity index (χ4n) is 4.91. The first-order chi connectivity index (χ1) is 14.1. The molecule has 5 rings (SSSR count). The number of nitrogens with one attached hydrogen (secondary N) is 1. The zero-order chi connectivity index (χ0) is 20.0. The van der Waals surface area contributed by atoms with Gasteiger partial charge in [-0.05, 0) is 36.5 Å².